The van der Waals surface area contributed by atoms with E-state index in [0.717, 1.165) is 32.5 Å². The van der Waals surface area contributed by atoms with E-state index in [4.69, 9.17) is 11.6 Å². The summed E-state index contributed by atoms with van der Waals surface area (Å²) in [6.07, 6.45) is 2.14. The fourth-order valence-electron chi connectivity index (χ4n) is 3.23. The third-order valence-electron chi connectivity index (χ3n) is 4.51. The Morgan fingerprint density at radius 2 is 2.15 bits per heavy atom. The number of hydrogen-bond acceptors (Lipinski definition) is 4. The lowest BCUT2D eigenvalue weighted by Crippen LogP contribution is -2.42. The van der Waals surface area contributed by atoms with E-state index in [-0.39, 0.29) is 24.2 Å². The summed E-state index contributed by atoms with van der Waals surface area (Å²) in [6, 6.07) is 8.61. The zero-order valence-corrected chi connectivity index (χ0v) is 17.4. The molecule has 2 heterocycles. The third kappa shape index (κ3) is 5.45. The van der Waals surface area contributed by atoms with Crippen LogP contribution >= 0.6 is 35.3 Å². The highest BCUT2D eigenvalue weighted by Crippen LogP contribution is 2.26. The minimum atomic E-state index is -0.224. The first-order chi connectivity index (χ1) is 12.6. The van der Waals surface area contributed by atoms with Gasteiger partial charge in [-0.3, -0.25) is 9.59 Å². The topological polar surface area (TPSA) is 61.4 Å². The van der Waals surface area contributed by atoms with E-state index in [0.29, 0.717) is 27.1 Å². The van der Waals surface area contributed by atoms with Crippen molar-refractivity contribution in [3.63, 3.8) is 0 Å². The summed E-state index contributed by atoms with van der Waals surface area (Å²) in [6.45, 7) is 2.42. The van der Waals surface area contributed by atoms with Crippen LogP contribution in [0.2, 0.25) is 5.02 Å². The molecule has 1 aromatic heterocycles. The van der Waals surface area contributed by atoms with Crippen molar-refractivity contribution in [3.8, 4) is 0 Å². The molecule has 2 amide bonds. The molecule has 2 aromatic rings. The van der Waals surface area contributed by atoms with Crippen molar-refractivity contribution in [2.24, 2.45) is 5.92 Å². The molecule has 1 unspecified atom stereocenters. The summed E-state index contributed by atoms with van der Waals surface area (Å²) < 4.78 is 0. The minimum Gasteiger partial charge on any atom is -0.338 e. The van der Waals surface area contributed by atoms with E-state index >= 15 is 0 Å². The molecule has 1 aliphatic heterocycles. The second-order valence-corrected chi connectivity index (χ2v) is 7.80. The van der Waals surface area contributed by atoms with Crippen molar-refractivity contribution in [3.05, 3.63) is 51.2 Å². The molecule has 146 valence electrons. The largest absolute Gasteiger partial charge is 0.338 e. The molecular weight excluding hydrogens is 405 g/mol. The minimum absolute atomic E-state index is 0. The number of nitrogens with zero attached hydrogens (tertiary/aromatic N) is 1. The molecule has 0 spiro atoms. The van der Waals surface area contributed by atoms with Crippen LogP contribution in [0.15, 0.2) is 35.7 Å². The molecular formula is C19H23Cl2N3O2S. The Balaban J connectivity index is 0.00000261. The first-order valence-corrected chi connectivity index (χ1v) is 9.92. The molecule has 0 radical (unpaired) electrons. The molecule has 1 saturated heterocycles. The highest BCUT2D eigenvalue weighted by Gasteiger charge is 2.24. The Morgan fingerprint density at radius 1 is 1.33 bits per heavy atom. The SMILES string of the molecule is CNCC1CCCN(C(=O)c2ccc(Cl)c(NC(=O)c3cccs3)c2)C1.Cl. The normalized spacial score (nSPS) is 16.5. The molecule has 1 aliphatic rings. The number of halogens is 2. The van der Waals surface area contributed by atoms with E-state index in [1.54, 1.807) is 24.3 Å². The van der Waals surface area contributed by atoms with E-state index in [1.165, 1.54) is 11.3 Å². The quantitative estimate of drug-likeness (QED) is 0.752. The van der Waals surface area contributed by atoms with Gasteiger partial charge in [-0.1, -0.05) is 17.7 Å². The van der Waals surface area contributed by atoms with Crippen LogP contribution in [0.25, 0.3) is 0 Å². The summed E-state index contributed by atoms with van der Waals surface area (Å²) in [5.74, 6) is 0.232. The Bertz CT molecular complexity index is 781. The lowest BCUT2D eigenvalue weighted by atomic mass is 9.97. The molecule has 1 fully saturated rings. The van der Waals surface area contributed by atoms with Crippen molar-refractivity contribution < 1.29 is 9.59 Å². The molecule has 0 aliphatic carbocycles. The van der Waals surface area contributed by atoms with Gasteiger partial charge in [0.05, 0.1) is 15.6 Å². The number of carbonyl (C=O) groups is 2. The summed E-state index contributed by atoms with van der Waals surface area (Å²) in [5.41, 5.74) is 1.00. The van der Waals surface area contributed by atoms with Crippen molar-refractivity contribution in [1.29, 1.82) is 0 Å². The number of anilines is 1. The fraction of sp³-hybridized carbons (Fsp3) is 0.368. The van der Waals surface area contributed by atoms with Crippen molar-refractivity contribution in [2.45, 2.75) is 12.8 Å². The lowest BCUT2D eigenvalue weighted by Gasteiger charge is -2.33. The van der Waals surface area contributed by atoms with Crippen LogP contribution < -0.4 is 10.6 Å². The molecule has 5 nitrogen and oxygen atoms in total. The van der Waals surface area contributed by atoms with Crippen LogP contribution in [0.1, 0.15) is 32.9 Å². The van der Waals surface area contributed by atoms with Gasteiger partial charge in [0.25, 0.3) is 11.8 Å². The number of thiophene rings is 1. The van der Waals surface area contributed by atoms with Gasteiger partial charge in [0, 0.05) is 18.7 Å². The molecule has 3 rings (SSSR count). The van der Waals surface area contributed by atoms with Gasteiger partial charge in [-0.25, -0.2) is 0 Å². The smallest absolute Gasteiger partial charge is 0.265 e. The van der Waals surface area contributed by atoms with E-state index in [2.05, 4.69) is 10.6 Å². The molecule has 0 saturated carbocycles. The number of likely N-dealkylation sites (tertiary alicyclic amines) is 1. The van der Waals surface area contributed by atoms with Gasteiger partial charge < -0.3 is 15.5 Å². The summed E-state index contributed by atoms with van der Waals surface area (Å²) in [5, 5.41) is 8.24. The zero-order valence-electron chi connectivity index (χ0n) is 15.0. The zero-order chi connectivity index (χ0) is 18.5. The van der Waals surface area contributed by atoms with Gasteiger partial charge in [0.1, 0.15) is 0 Å². The maximum absolute atomic E-state index is 12.9. The number of nitrogens with one attached hydrogen (secondary N) is 2. The second kappa shape index (κ2) is 10.1. The highest BCUT2D eigenvalue weighted by molar-refractivity contribution is 7.12. The Labute approximate surface area is 174 Å². The number of hydrogen-bond donors (Lipinski definition) is 2. The van der Waals surface area contributed by atoms with Crippen LogP contribution in [-0.4, -0.2) is 43.4 Å². The summed E-state index contributed by atoms with van der Waals surface area (Å²) in [7, 11) is 1.93. The van der Waals surface area contributed by atoms with Crippen LogP contribution in [0.5, 0.6) is 0 Å². The molecule has 8 heteroatoms. The van der Waals surface area contributed by atoms with E-state index in [1.807, 2.05) is 23.4 Å². The average molecular weight is 428 g/mol. The number of rotatable bonds is 5. The predicted molar refractivity (Wildman–Crippen MR) is 114 cm³/mol. The van der Waals surface area contributed by atoms with Gasteiger partial charge in [-0.15, -0.1) is 23.7 Å². The van der Waals surface area contributed by atoms with E-state index in [9.17, 15) is 9.59 Å². The monoisotopic (exact) mass is 427 g/mol. The van der Waals surface area contributed by atoms with E-state index < -0.39 is 0 Å². The third-order valence-corrected chi connectivity index (χ3v) is 5.70. The molecule has 0 bridgehead atoms. The average Bonchev–Trinajstić information content (AvgIpc) is 3.18. The van der Waals surface area contributed by atoms with Crippen molar-refractivity contribution >= 4 is 52.8 Å². The number of piperidine rings is 1. The summed E-state index contributed by atoms with van der Waals surface area (Å²) in [4.78, 5) is 27.6. The number of amides is 2. The molecule has 27 heavy (non-hydrogen) atoms. The van der Waals surface area contributed by atoms with Gasteiger partial charge in [-0.05, 0) is 62.0 Å². The second-order valence-electron chi connectivity index (χ2n) is 6.44. The maximum Gasteiger partial charge on any atom is 0.265 e. The Morgan fingerprint density at radius 3 is 2.85 bits per heavy atom. The van der Waals surface area contributed by atoms with Gasteiger partial charge in [0.15, 0.2) is 0 Å². The Hall–Kier alpha value is -1.60. The standard InChI is InChI=1S/C19H22ClN3O2S.ClH/c1-21-11-13-4-2-8-23(12-13)19(25)14-6-7-15(20)16(10-14)22-18(24)17-5-3-9-26-17;/h3,5-7,9-10,13,21H,2,4,8,11-12H2,1H3,(H,22,24);1H. The van der Waals surface area contributed by atoms with Crippen molar-refractivity contribution in [2.75, 3.05) is 32.0 Å². The summed E-state index contributed by atoms with van der Waals surface area (Å²) >= 11 is 7.57. The number of carbonyl (C=O) groups excluding carboxylic acids is 2. The molecule has 1 atom stereocenters. The van der Waals surface area contributed by atoms with Gasteiger partial charge in [-0.2, -0.15) is 0 Å². The van der Waals surface area contributed by atoms with Gasteiger partial charge >= 0.3 is 0 Å². The lowest BCUT2D eigenvalue weighted by molar-refractivity contribution is 0.0674. The Kier molecular flexibility index (Phi) is 8.10. The van der Waals surface area contributed by atoms with Crippen LogP contribution in [0.3, 0.4) is 0 Å². The van der Waals surface area contributed by atoms with Gasteiger partial charge in [0.2, 0.25) is 0 Å². The van der Waals surface area contributed by atoms with Crippen molar-refractivity contribution in [1.82, 2.24) is 10.2 Å². The number of benzene rings is 1. The van der Waals surface area contributed by atoms with Crippen LogP contribution in [0, 0.1) is 5.92 Å². The maximum atomic E-state index is 12.9. The van der Waals surface area contributed by atoms with Crippen LogP contribution in [-0.2, 0) is 0 Å². The fourth-order valence-corrected chi connectivity index (χ4v) is 4.02. The first-order valence-electron chi connectivity index (χ1n) is 8.66. The first kappa shape index (κ1) is 21.7. The molecule has 1 aromatic carbocycles. The predicted octanol–water partition coefficient (Wildman–Crippen LogP) is 4.15. The molecule has 2 N–H and O–H groups in total. The highest BCUT2D eigenvalue weighted by atomic mass is 35.5. The van der Waals surface area contributed by atoms with Crippen LogP contribution in [0.4, 0.5) is 5.69 Å².